The quantitative estimate of drug-likeness (QED) is 0.122. The van der Waals surface area contributed by atoms with E-state index in [1.807, 2.05) is 0 Å². The van der Waals surface area contributed by atoms with Crippen molar-refractivity contribution >= 4 is 60.7 Å². The Balaban J connectivity index is 1.18. The molecule has 0 bridgehead atoms. The van der Waals surface area contributed by atoms with Crippen LogP contribution in [0.15, 0.2) is 29.7 Å². The van der Waals surface area contributed by atoms with Crippen molar-refractivity contribution in [2.24, 2.45) is 0 Å². The number of anilines is 2. The third kappa shape index (κ3) is 6.04. The van der Waals surface area contributed by atoms with Crippen molar-refractivity contribution in [2.75, 3.05) is 24.7 Å². The molecule has 0 aliphatic carbocycles. The van der Waals surface area contributed by atoms with E-state index >= 15 is 0 Å². The van der Waals surface area contributed by atoms with Gasteiger partial charge < -0.3 is 44.6 Å². The summed E-state index contributed by atoms with van der Waals surface area (Å²) in [6.07, 6.45) is -0.686. The van der Waals surface area contributed by atoms with E-state index < -0.39 is 57.4 Å². The normalized spacial score (nSPS) is 27.7. The van der Waals surface area contributed by atoms with E-state index in [4.69, 9.17) is 46.3 Å². The second kappa shape index (κ2) is 11.8. The summed E-state index contributed by atoms with van der Waals surface area (Å²) in [5.41, 5.74) is 11.6. The summed E-state index contributed by atoms with van der Waals surface area (Å²) in [5.74, 6) is 0.127. The van der Waals surface area contributed by atoms with Crippen LogP contribution in [-0.2, 0) is 39.4 Å². The number of aliphatic hydroxyl groups is 1. The zero-order valence-electron chi connectivity index (χ0n) is 21.9. The monoisotopic (exact) mass is 658 g/mol. The fourth-order valence-corrected chi connectivity index (χ4v) is 7.04. The summed E-state index contributed by atoms with van der Waals surface area (Å²) < 4.78 is 43.2. The van der Waals surface area contributed by atoms with Gasteiger partial charge in [-0.25, -0.2) is 15.0 Å². The van der Waals surface area contributed by atoms with Gasteiger partial charge in [-0.1, -0.05) is 0 Å². The van der Waals surface area contributed by atoms with E-state index in [0.29, 0.717) is 11.0 Å². The molecule has 230 valence electrons. The van der Waals surface area contributed by atoms with Crippen LogP contribution < -0.4 is 17.0 Å². The number of H-pyrrole nitrogens is 1. The Morgan fingerprint density at radius 3 is 2.77 bits per heavy atom. The Morgan fingerprint density at radius 1 is 1.19 bits per heavy atom. The summed E-state index contributed by atoms with van der Waals surface area (Å²) in [6.45, 7) is -4.76. The summed E-state index contributed by atoms with van der Waals surface area (Å²) in [6, 6.07) is 1.71. The van der Waals surface area contributed by atoms with E-state index in [2.05, 4.69) is 24.9 Å². The van der Waals surface area contributed by atoms with Gasteiger partial charge in [0.15, 0.2) is 17.4 Å². The fraction of sp³-hybridized carbons (Fsp3) is 0.476. The molecule has 2 saturated heterocycles. The van der Waals surface area contributed by atoms with Gasteiger partial charge in [0, 0.05) is 23.6 Å². The molecule has 2 fully saturated rings. The topological polar surface area (TPSA) is 270 Å². The minimum absolute atomic E-state index is 0.00510. The average molecular weight is 659 g/mol. The zero-order valence-corrected chi connectivity index (χ0v) is 24.5. The first-order valence-corrected chi connectivity index (χ1v) is 16.4. The highest BCUT2D eigenvalue weighted by Crippen LogP contribution is 2.50. The van der Waals surface area contributed by atoms with Crippen LogP contribution in [0, 0.1) is 0 Å². The standard InChI is InChI=1S/C21H25N9O10P2S/c22-16-10-1-2-29(17(10)25-7-24-16)14-4-11(39-41(33)34)13(38-14)6-36-42(35,43)40-12-3-9(5-31)37-20(12)30-8-26-15-18(30)27-21(23)28-19(15)32/h1-2,7-9,11-14,20,31H,3-6H2,(H6-,22,23,24,25,27,28,32,33,34,35,43)/p+1/t9-,11-,12+,13+,14+,20+,42?/m0/s1. The van der Waals surface area contributed by atoms with Gasteiger partial charge in [-0.2, -0.15) is 4.98 Å². The first kappa shape index (κ1) is 30.0. The highest BCUT2D eigenvalue weighted by atomic mass is 32.5. The van der Waals surface area contributed by atoms with E-state index in [-0.39, 0.29) is 49.0 Å². The molecule has 2 aliphatic heterocycles. The number of fused-ring (bicyclic) bond motifs is 2. The van der Waals surface area contributed by atoms with Crippen LogP contribution in [0.2, 0.25) is 0 Å². The largest absolute Gasteiger partial charge is 0.695 e. The Hall–Kier alpha value is -3.00. The zero-order chi connectivity index (χ0) is 30.5. The Labute approximate surface area is 246 Å². The number of aliphatic hydroxyl groups excluding tert-OH is 1. The predicted octanol–water partition coefficient (Wildman–Crippen LogP) is -0.0503. The van der Waals surface area contributed by atoms with Crippen molar-refractivity contribution in [2.45, 2.75) is 49.7 Å². The summed E-state index contributed by atoms with van der Waals surface area (Å²) in [5, 5.41) is 10.3. The summed E-state index contributed by atoms with van der Waals surface area (Å²) in [7, 11) is -3.00. The molecule has 6 heterocycles. The molecular formula is C21H26N9O10P2S+. The van der Waals surface area contributed by atoms with Crippen molar-refractivity contribution in [3.63, 3.8) is 0 Å². The van der Waals surface area contributed by atoms with Gasteiger partial charge in [0.1, 0.15) is 42.3 Å². The van der Waals surface area contributed by atoms with Crippen LogP contribution in [0.5, 0.6) is 0 Å². The lowest BCUT2D eigenvalue weighted by Gasteiger charge is -2.25. The maximum atomic E-state index is 12.2. The van der Waals surface area contributed by atoms with E-state index in [1.54, 1.807) is 16.8 Å². The van der Waals surface area contributed by atoms with E-state index in [1.165, 1.54) is 17.2 Å². The molecule has 4 aromatic heterocycles. The van der Waals surface area contributed by atoms with Gasteiger partial charge in [-0.05, 0) is 17.9 Å². The van der Waals surface area contributed by atoms with Crippen molar-refractivity contribution < 1.29 is 42.5 Å². The molecule has 0 radical (unpaired) electrons. The van der Waals surface area contributed by atoms with Crippen LogP contribution in [-0.4, -0.2) is 86.6 Å². The second-order valence-electron chi connectivity index (χ2n) is 9.72. The van der Waals surface area contributed by atoms with Gasteiger partial charge in [0.25, 0.3) is 5.56 Å². The minimum Gasteiger partial charge on any atom is -0.394 e. The van der Waals surface area contributed by atoms with E-state index in [9.17, 15) is 24.3 Å². The Morgan fingerprint density at radius 2 is 2.00 bits per heavy atom. The number of hydrogen-bond acceptors (Lipinski definition) is 15. The first-order valence-electron chi connectivity index (χ1n) is 12.7. The molecule has 0 saturated carbocycles. The van der Waals surface area contributed by atoms with Crippen LogP contribution >= 0.6 is 15.0 Å². The van der Waals surface area contributed by atoms with Crippen LogP contribution in [0.1, 0.15) is 25.3 Å². The highest BCUT2D eigenvalue weighted by molar-refractivity contribution is 8.07. The van der Waals surface area contributed by atoms with Gasteiger partial charge in [-0.3, -0.25) is 14.3 Å². The molecule has 8 N–H and O–H groups in total. The number of nitrogens with two attached hydrogens (primary N) is 2. The molecule has 0 spiro atoms. The maximum Gasteiger partial charge on any atom is 0.695 e. The fourth-order valence-electron chi connectivity index (χ4n) is 5.14. The third-order valence-electron chi connectivity index (χ3n) is 7.00. The predicted molar refractivity (Wildman–Crippen MR) is 151 cm³/mol. The molecule has 19 nitrogen and oxygen atoms in total. The molecule has 0 aromatic carbocycles. The minimum atomic E-state index is -4.03. The molecule has 2 unspecified atom stereocenters. The molecule has 22 heteroatoms. The number of aromatic nitrogens is 7. The molecule has 43 heavy (non-hydrogen) atoms. The summed E-state index contributed by atoms with van der Waals surface area (Å²) >= 11 is 5.27. The average Bonchev–Trinajstić information content (AvgIpc) is 3.72. The second-order valence-corrected chi connectivity index (χ2v) is 13.2. The smallest absolute Gasteiger partial charge is 0.394 e. The number of nitrogens with zero attached hydrogens (tertiary/aromatic N) is 6. The molecular weight excluding hydrogens is 632 g/mol. The first-order chi connectivity index (χ1) is 20.5. The van der Waals surface area contributed by atoms with Crippen LogP contribution in [0.4, 0.5) is 11.8 Å². The number of aromatic amines is 1. The van der Waals surface area contributed by atoms with Crippen molar-refractivity contribution in [3.05, 3.63) is 35.3 Å². The lowest BCUT2D eigenvalue weighted by atomic mass is 10.2. The van der Waals surface area contributed by atoms with Gasteiger partial charge in [0.2, 0.25) is 5.95 Å². The number of nitrogen functional groups attached to an aromatic ring is 2. The molecule has 6 rings (SSSR count). The number of hydrogen-bond donors (Lipinski definition) is 6. The lowest BCUT2D eigenvalue weighted by Crippen LogP contribution is -2.28. The molecule has 8 atom stereocenters. The van der Waals surface area contributed by atoms with Crippen LogP contribution in [0.3, 0.4) is 0 Å². The Kier molecular flexibility index (Phi) is 8.26. The van der Waals surface area contributed by atoms with Crippen molar-refractivity contribution in [1.82, 2.24) is 34.1 Å². The van der Waals surface area contributed by atoms with Gasteiger partial charge >= 0.3 is 15.0 Å². The van der Waals surface area contributed by atoms with E-state index in [0.717, 1.165) is 0 Å². The SMILES string of the molecule is Nc1nc2c(ncn2[C@@H]2O[C@H](CO)C[C@H]2OP(O)(=S)OC[C@H]2O[C@@H](n3ccc4c(N)ncnc43)C[C@@H]2O[P+](=O)O)c(=O)[nH]1. The molecule has 0 amide bonds. The van der Waals surface area contributed by atoms with Gasteiger partial charge in [-0.15, -0.1) is 9.42 Å². The number of rotatable bonds is 10. The summed E-state index contributed by atoms with van der Waals surface area (Å²) in [4.78, 5) is 51.4. The Bertz CT molecular complexity index is 1780. The molecule has 4 aromatic rings. The van der Waals surface area contributed by atoms with Crippen molar-refractivity contribution in [3.8, 4) is 0 Å². The third-order valence-corrected chi connectivity index (χ3v) is 9.04. The van der Waals surface area contributed by atoms with Crippen molar-refractivity contribution in [1.29, 1.82) is 0 Å². The highest BCUT2D eigenvalue weighted by Gasteiger charge is 2.45. The van der Waals surface area contributed by atoms with Gasteiger partial charge in [0.05, 0.1) is 31.0 Å². The maximum absolute atomic E-state index is 12.2. The number of imidazole rings is 1. The lowest BCUT2D eigenvalue weighted by molar-refractivity contribution is -0.0530. The number of nitrogens with one attached hydrogen (secondary N) is 1. The molecule has 2 aliphatic rings. The number of ether oxygens (including phenoxy) is 2. The van der Waals surface area contributed by atoms with Crippen LogP contribution in [0.25, 0.3) is 22.2 Å².